The van der Waals surface area contributed by atoms with E-state index in [1.54, 1.807) is 18.8 Å². The third kappa shape index (κ3) is 3.19. The fraction of sp³-hybridized carbons (Fsp3) is 0.500. The van der Waals surface area contributed by atoms with Crippen LogP contribution in [-0.2, 0) is 0 Å². The molecule has 0 N–H and O–H groups in total. The van der Waals surface area contributed by atoms with E-state index in [1.807, 2.05) is 13.2 Å². The second kappa shape index (κ2) is 6.68. The molecule has 0 aliphatic heterocycles. The summed E-state index contributed by atoms with van der Waals surface area (Å²) in [6.07, 6.45) is 3.79. The van der Waals surface area contributed by atoms with Gasteiger partial charge in [-0.25, -0.2) is 9.37 Å². The molecular weight excluding hydrogens is 258 g/mol. The van der Waals surface area contributed by atoms with Crippen molar-refractivity contribution >= 4 is 17.7 Å². The molecule has 1 aromatic heterocycles. The molecule has 1 heterocycles. The Balaban J connectivity index is 2.95. The summed E-state index contributed by atoms with van der Waals surface area (Å²) in [4.78, 5) is 16.7. The van der Waals surface area contributed by atoms with Gasteiger partial charge in [-0.2, -0.15) is 16.2 Å². The van der Waals surface area contributed by atoms with Crippen LogP contribution in [0, 0.1) is 11.8 Å². The maximum absolute atomic E-state index is 13.5. The van der Waals surface area contributed by atoms with Gasteiger partial charge in [0.05, 0.1) is 5.56 Å². The van der Waals surface area contributed by atoms with Gasteiger partial charge in [-0.05, 0) is 18.7 Å². The Kier molecular flexibility index (Phi) is 5.53. The Labute approximate surface area is 110 Å². The number of thioether (sulfide) groups is 1. The first kappa shape index (κ1) is 14.9. The van der Waals surface area contributed by atoms with Gasteiger partial charge in [0.2, 0.25) is 5.95 Å². The van der Waals surface area contributed by atoms with Crippen LogP contribution in [0.5, 0.6) is 0 Å². The quantitative estimate of drug-likeness (QED) is 0.774. The molecule has 18 heavy (non-hydrogen) atoms. The molecule has 100 valence electrons. The predicted octanol–water partition coefficient (Wildman–Crippen LogP) is 2.57. The van der Waals surface area contributed by atoms with Gasteiger partial charge in [0.15, 0.2) is 5.82 Å². The highest BCUT2D eigenvalue weighted by Crippen LogP contribution is 2.15. The maximum Gasteiger partial charge on any atom is 0.257 e. The number of hydrogen-bond acceptors (Lipinski definition) is 3. The van der Waals surface area contributed by atoms with E-state index in [-0.39, 0.29) is 11.6 Å². The number of nitrogens with zero attached hydrogens (tertiary/aromatic N) is 2. The van der Waals surface area contributed by atoms with E-state index in [2.05, 4.69) is 4.98 Å². The second-order valence-corrected chi connectivity index (χ2v) is 4.81. The van der Waals surface area contributed by atoms with Gasteiger partial charge in [-0.1, -0.05) is 6.92 Å². The first-order chi connectivity index (χ1) is 8.52. The average Bonchev–Trinajstić information content (AvgIpc) is 2.37. The van der Waals surface area contributed by atoms with Crippen LogP contribution in [0.4, 0.5) is 8.78 Å². The molecule has 1 amide bonds. The lowest BCUT2D eigenvalue weighted by molar-refractivity contribution is 0.0737. The van der Waals surface area contributed by atoms with Gasteiger partial charge in [-0.15, -0.1) is 0 Å². The van der Waals surface area contributed by atoms with Crippen LogP contribution in [0.3, 0.4) is 0 Å². The minimum Gasteiger partial charge on any atom is -0.338 e. The van der Waals surface area contributed by atoms with Crippen molar-refractivity contribution in [3.05, 3.63) is 29.6 Å². The van der Waals surface area contributed by atoms with Gasteiger partial charge in [0, 0.05) is 25.0 Å². The molecule has 1 atom stereocenters. The molecule has 0 spiro atoms. The Morgan fingerprint density at radius 3 is 2.78 bits per heavy atom. The topological polar surface area (TPSA) is 33.2 Å². The fourth-order valence-corrected chi connectivity index (χ4v) is 2.48. The number of amides is 1. The van der Waals surface area contributed by atoms with E-state index in [0.29, 0.717) is 0 Å². The highest BCUT2D eigenvalue weighted by molar-refractivity contribution is 7.98. The Bertz CT molecular complexity index is 429. The lowest BCUT2D eigenvalue weighted by atomic mass is 10.1. The zero-order chi connectivity index (χ0) is 13.7. The van der Waals surface area contributed by atoms with Crippen LogP contribution in [0.15, 0.2) is 12.3 Å². The van der Waals surface area contributed by atoms with Crippen molar-refractivity contribution in [1.82, 2.24) is 9.88 Å². The van der Waals surface area contributed by atoms with Crippen LogP contribution < -0.4 is 0 Å². The van der Waals surface area contributed by atoms with Crippen molar-refractivity contribution in [2.45, 2.75) is 19.4 Å². The van der Waals surface area contributed by atoms with E-state index >= 15 is 0 Å². The molecule has 0 aromatic carbocycles. The van der Waals surface area contributed by atoms with Crippen LogP contribution in [-0.4, -0.2) is 40.9 Å². The molecule has 6 heteroatoms. The summed E-state index contributed by atoms with van der Waals surface area (Å²) in [5.74, 6) is -2.19. The van der Waals surface area contributed by atoms with Gasteiger partial charge in [0.25, 0.3) is 5.91 Å². The zero-order valence-corrected chi connectivity index (χ0v) is 11.4. The smallest absolute Gasteiger partial charge is 0.257 e. The monoisotopic (exact) mass is 274 g/mol. The maximum atomic E-state index is 13.5. The third-order valence-electron chi connectivity index (χ3n) is 2.78. The Hall–Kier alpha value is -1.17. The summed E-state index contributed by atoms with van der Waals surface area (Å²) >= 11 is 1.61. The fourth-order valence-electron chi connectivity index (χ4n) is 1.64. The van der Waals surface area contributed by atoms with E-state index in [9.17, 15) is 13.6 Å². The molecule has 0 aliphatic carbocycles. The van der Waals surface area contributed by atoms with Crippen molar-refractivity contribution in [3.63, 3.8) is 0 Å². The first-order valence-electron chi connectivity index (χ1n) is 5.59. The van der Waals surface area contributed by atoms with Crippen molar-refractivity contribution in [1.29, 1.82) is 0 Å². The molecule has 0 aliphatic rings. The number of pyridine rings is 1. The first-order valence-corrected chi connectivity index (χ1v) is 6.98. The Morgan fingerprint density at radius 2 is 2.22 bits per heavy atom. The molecule has 3 nitrogen and oxygen atoms in total. The molecule has 1 unspecified atom stereocenters. The number of aromatic nitrogens is 1. The lowest BCUT2D eigenvalue weighted by Gasteiger charge is -2.26. The van der Waals surface area contributed by atoms with Crippen molar-refractivity contribution in [2.24, 2.45) is 0 Å². The SMILES string of the molecule is CCC(CSC)N(C)C(=O)c1ccnc(F)c1F. The molecule has 0 saturated heterocycles. The second-order valence-electron chi connectivity index (χ2n) is 3.90. The minimum atomic E-state index is -1.24. The number of halogens is 2. The number of carbonyl (C=O) groups excluding carboxylic acids is 1. The average molecular weight is 274 g/mol. The molecule has 0 radical (unpaired) electrons. The minimum absolute atomic E-state index is 0.00289. The zero-order valence-electron chi connectivity index (χ0n) is 10.6. The highest BCUT2D eigenvalue weighted by Gasteiger charge is 2.23. The molecule has 0 fully saturated rings. The van der Waals surface area contributed by atoms with Crippen LogP contribution in [0.25, 0.3) is 0 Å². The van der Waals surface area contributed by atoms with Gasteiger partial charge < -0.3 is 4.90 Å². The van der Waals surface area contributed by atoms with Crippen molar-refractivity contribution in [2.75, 3.05) is 19.1 Å². The molecule has 0 bridgehead atoms. The summed E-state index contributed by atoms with van der Waals surface area (Å²) in [7, 11) is 1.60. The van der Waals surface area contributed by atoms with E-state index in [0.717, 1.165) is 18.4 Å². The lowest BCUT2D eigenvalue weighted by Crippen LogP contribution is -2.38. The van der Waals surface area contributed by atoms with E-state index in [4.69, 9.17) is 0 Å². The molecular formula is C12H16F2N2OS. The van der Waals surface area contributed by atoms with Crippen molar-refractivity contribution in [3.8, 4) is 0 Å². The summed E-state index contributed by atoms with van der Waals surface area (Å²) in [6.45, 7) is 1.95. The number of carbonyl (C=O) groups is 1. The summed E-state index contributed by atoms with van der Waals surface area (Å²) < 4.78 is 26.4. The summed E-state index contributed by atoms with van der Waals surface area (Å²) in [5.41, 5.74) is -0.274. The van der Waals surface area contributed by atoms with Crippen LogP contribution >= 0.6 is 11.8 Å². The largest absolute Gasteiger partial charge is 0.338 e. The summed E-state index contributed by atoms with van der Waals surface area (Å²) in [6, 6.07) is 1.20. The van der Waals surface area contributed by atoms with E-state index in [1.165, 1.54) is 11.0 Å². The standard InChI is InChI=1S/C12H16F2N2OS/c1-4-8(7-18-3)16(2)12(17)9-5-6-15-11(14)10(9)13/h5-6,8H,4,7H2,1-3H3. The van der Waals surface area contributed by atoms with Crippen LogP contribution in [0.1, 0.15) is 23.7 Å². The normalized spacial score (nSPS) is 12.3. The molecule has 1 rings (SSSR count). The number of hydrogen-bond donors (Lipinski definition) is 0. The van der Waals surface area contributed by atoms with Crippen molar-refractivity contribution < 1.29 is 13.6 Å². The van der Waals surface area contributed by atoms with Gasteiger partial charge >= 0.3 is 0 Å². The number of rotatable bonds is 5. The molecule has 1 aromatic rings. The van der Waals surface area contributed by atoms with E-state index < -0.39 is 17.7 Å². The third-order valence-corrected chi connectivity index (χ3v) is 3.49. The Morgan fingerprint density at radius 1 is 1.56 bits per heavy atom. The van der Waals surface area contributed by atoms with Crippen LogP contribution in [0.2, 0.25) is 0 Å². The summed E-state index contributed by atoms with van der Waals surface area (Å²) in [5, 5.41) is 0. The van der Waals surface area contributed by atoms with Gasteiger partial charge in [-0.3, -0.25) is 4.79 Å². The highest BCUT2D eigenvalue weighted by atomic mass is 32.2. The predicted molar refractivity (Wildman–Crippen MR) is 68.7 cm³/mol. The molecule has 0 saturated carbocycles. The van der Waals surface area contributed by atoms with Gasteiger partial charge in [0.1, 0.15) is 0 Å².